The van der Waals surface area contributed by atoms with Crippen LogP contribution in [0.1, 0.15) is 31.0 Å². The minimum atomic E-state index is -0.443. The predicted octanol–water partition coefficient (Wildman–Crippen LogP) is 1.09. The molecular weight excluding hydrogens is 234 g/mol. The second kappa shape index (κ2) is 3.94. The first-order chi connectivity index (χ1) is 8.58. The molecule has 98 valence electrons. The maximum absolute atomic E-state index is 10.9. The monoisotopic (exact) mass is 251 g/mol. The molecule has 0 bridgehead atoms. The van der Waals surface area contributed by atoms with Crippen LogP contribution in [0.2, 0.25) is 0 Å². The molecule has 1 aromatic rings. The molecule has 0 amide bonds. The van der Waals surface area contributed by atoms with E-state index in [0.29, 0.717) is 5.69 Å². The summed E-state index contributed by atoms with van der Waals surface area (Å²) in [6.07, 6.45) is 3.53. The first kappa shape index (κ1) is 11.5. The molecule has 2 N–H and O–H groups in total. The van der Waals surface area contributed by atoms with Crippen LogP contribution in [0.3, 0.4) is 0 Å². The van der Waals surface area contributed by atoms with E-state index in [1.165, 1.54) is 12.8 Å². The summed E-state index contributed by atoms with van der Waals surface area (Å²) in [7, 11) is 0. The summed E-state index contributed by atoms with van der Waals surface area (Å²) in [5.41, 5.74) is 6.23. The van der Waals surface area contributed by atoms with Crippen molar-refractivity contribution in [3.8, 4) is 0 Å². The number of nitrogen functional groups attached to an aromatic ring is 1. The van der Waals surface area contributed by atoms with Crippen molar-refractivity contribution in [1.29, 1.82) is 0 Å². The van der Waals surface area contributed by atoms with Crippen LogP contribution in [0.15, 0.2) is 0 Å². The zero-order chi connectivity index (χ0) is 12.9. The topological polar surface area (TPSA) is 90.2 Å². The summed E-state index contributed by atoms with van der Waals surface area (Å²) in [5.74, 6) is 0.195. The Bertz CT molecular complexity index is 494. The molecule has 1 unspecified atom stereocenters. The van der Waals surface area contributed by atoms with Crippen LogP contribution in [-0.4, -0.2) is 38.7 Å². The third-order valence-electron chi connectivity index (χ3n) is 3.88. The number of hydrogen-bond acceptors (Lipinski definition) is 5. The lowest BCUT2D eigenvalue weighted by Gasteiger charge is -2.15. The second-order valence-electron chi connectivity index (χ2n) is 5.19. The molecule has 18 heavy (non-hydrogen) atoms. The first-order valence-corrected chi connectivity index (χ1v) is 6.31. The summed E-state index contributed by atoms with van der Waals surface area (Å²) in [6.45, 7) is 3.59. The third kappa shape index (κ3) is 1.74. The number of aromatic nitrogens is 2. The Morgan fingerprint density at radius 2 is 2.11 bits per heavy atom. The van der Waals surface area contributed by atoms with Gasteiger partial charge in [-0.2, -0.15) is 5.10 Å². The Morgan fingerprint density at radius 1 is 1.39 bits per heavy atom. The van der Waals surface area contributed by atoms with Crippen LogP contribution in [0.5, 0.6) is 0 Å². The molecule has 1 saturated heterocycles. The van der Waals surface area contributed by atoms with E-state index in [1.54, 1.807) is 11.6 Å². The molecule has 2 aliphatic rings. The lowest BCUT2D eigenvalue weighted by Crippen LogP contribution is -2.24. The molecule has 0 radical (unpaired) electrons. The summed E-state index contributed by atoms with van der Waals surface area (Å²) < 4.78 is 1.65. The van der Waals surface area contributed by atoms with Gasteiger partial charge in [-0.15, -0.1) is 0 Å². The van der Waals surface area contributed by atoms with E-state index in [4.69, 9.17) is 5.73 Å². The van der Waals surface area contributed by atoms with Crippen molar-refractivity contribution in [2.75, 3.05) is 18.8 Å². The lowest BCUT2D eigenvalue weighted by molar-refractivity contribution is -0.384. The molecule has 1 saturated carbocycles. The van der Waals surface area contributed by atoms with Gasteiger partial charge in [0.1, 0.15) is 5.69 Å². The standard InChI is InChI=1S/C11H17N5O2/c1-7-10(16(17)18)11(12)15(13-7)9-4-5-14(6-9)8-2-3-8/h8-9H,2-6,12H2,1H3. The molecule has 3 rings (SSSR count). The lowest BCUT2D eigenvalue weighted by atomic mass is 10.3. The van der Waals surface area contributed by atoms with Crippen LogP contribution < -0.4 is 5.73 Å². The maximum Gasteiger partial charge on any atom is 0.333 e. The van der Waals surface area contributed by atoms with Crippen LogP contribution in [0.4, 0.5) is 11.5 Å². The van der Waals surface area contributed by atoms with Crippen molar-refractivity contribution < 1.29 is 4.92 Å². The van der Waals surface area contributed by atoms with Gasteiger partial charge >= 0.3 is 5.69 Å². The first-order valence-electron chi connectivity index (χ1n) is 6.31. The number of aryl methyl sites for hydroxylation is 1. The van der Waals surface area contributed by atoms with Gasteiger partial charge in [0, 0.05) is 19.1 Å². The zero-order valence-electron chi connectivity index (χ0n) is 10.4. The average molecular weight is 251 g/mol. The minimum Gasteiger partial charge on any atom is -0.378 e. The fourth-order valence-electron chi connectivity index (χ4n) is 2.80. The highest BCUT2D eigenvalue weighted by Gasteiger charge is 2.37. The quantitative estimate of drug-likeness (QED) is 0.641. The molecule has 1 aromatic heterocycles. The van der Waals surface area contributed by atoms with Crippen molar-refractivity contribution in [2.45, 2.75) is 38.3 Å². The number of hydrogen-bond donors (Lipinski definition) is 1. The fraction of sp³-hybridized carbons (Fsp3) is 0.727. The van der Waals surface area contributed by atoms with E-state index in [0.717, 1.165) is 25.6 Å². The van der Waals surface area contributed by atoms with Crippen molar-refractivity contribution in [3.63, 3.8) is 0 Å². The Labute approximate surface area is 105 Å². The van der Waals surface area contributed by atoms with E-state index < -0.39 is 4.92 Å². The SMILES string of the molecule is Cc1nn(C2CCN(C3CC3)C2)c(N)c1[N+](=O)[O-]. The molecule has 2 heterocycles. The van der Waals surface area contributed by atoms with Crippen molar-refractivity contribution in [2.24, 2.45) is 0 Å². The van der Waals surface area contributed by atoms with Crippen LogP contribution in [-0.2, 0) is 0 Å². The van der Waals surface area contributed by atoms with Gasteiger partial charge in [-0.1, -0.05) is 0 Å². The van der Waals surface area contributed by atoms with Crippen molar-refractivity contribution >= 4 is 11.5 Å². The number of rotatable bonds is 3. The fourth-order valence-corrected chi connectivity index (χ4v) is 2.80. The van der Waals surface area contributed by atoms with Gasteiger partial charge < -0.3 is 5.73 Å². The highest BCUT2D eigenvalue weighted by Crippen LogP contribution is 2.36. The van der Waals surface area contributed by atoms with Crippen LogP contribution in [0.25, 0.3) is 0 Å². The molecule has 0 spiro atoms. The van der Waals surface area contributed by atoms with Crippen LogP contribution >= 0.6 is 0 Å². The Kier molecular flexibility index (Phi) is 2.51. The summed E-state index contributed by atoms with van der Waals surface area (Å²) in [6, 6.07) is 0.904. The number of likely N-dealkylation sites (tertiary alicyclic amines) is 1. The number of anilines is 1. The molecular formula is C11H17N5O2. The van der Waals surface area contributed by atoms with Crippen molar-refractivity contribution in [1.82, 2.24) is 14.7 Å². The highest BCUT2D eigenvalue weighted by atomic mass is 16.6. The molecule has 7 heteroatoms. The van der Waals surface area contributed by atoms with Crippen molar-refractivity contribution in [3.05, 3.63) is 15.8 Å². The normalized spacial score (nSPS) is 24.6. The molecule has 7 nitrogen and oxygen atoms in total. The van der Waals surface area contributed by atoms with E-state index in [1.807, 2.05) is 0 Å². The molecule has 0 aromatic carbocycles. The molecule has 1 atom stereocenters. The second-order valence-corrected chi connectivity index (χ2v) is 5.19. The largest absolute Gasteiger partial charge is 0.378 e. The Morgan fingerprint density at radius 3 is 2.67 bits per heavy atom. The van der Waals surface area contributed by atoms with Gasteiger partial charge in [-0.3, -0.25) is 15.0 Å². The number of nitrogens with two attached hydrogens (primary N) is 1. The average Bonchev–Trinajstić information content (AvgIpc) is 2.96. The summed E-state index contributed by atoms with van der Waals surface area (Å²) >= 11 is 0. The summed E-state index contributed by atoms with van der Waals surface area (Å²) in [4.78, 5) is 12.9. The maximum atomic E-state index is 10.9. The smallest absolute Gasteiger partial charge is 0.333 e. The van der Waals surface area contributed by atoms with E-state index in [9.17, 15) is 10.1 Å². The Balaban J connectivity index is 1.84. The molecule has 2 fully saturated rings. The summed E-state index contributed by atoms with van der Waals surface area (Å²) in [5, 5.41) is 15.2. The number of nitro groups is 1. The predicted molar refractivity (Wildman–Crippen MR) is 66.3 cm³/mol. The Hall–Kier alpha value is -1.63. The number of nitrogens with zero attached hydrogens (tertiary/aromatic N) is 4. The zero-order valence-corrected chi connectivity index (χ0v) is 10.4. The van der Waals surface area contributed by atoms with Gasteiger partial charge in [-0.25, -0.2) is 4.68 Å². The third-order valence-corrected chi connectivity index (χ3v) is 3.88. The minimum absolute atomic E-state index is 0.0418. The van der Waals surface area contributed by atoms with Gasteiger partial charge in [-0.05, 0) is 26.2 Å². The van der Waals surface area contributed by atoms with Gasteiger partial charge in [0.15, 0.2) is 0 Å². The van der Waals surface area contributed by atoms with Gasteiger partial charge in [0.05, 0.1) is 11.0 Å². The van der Waals surface area contributed by atoms with Crippen LogP contribution in [0, 0.1) is 17.0 Å². The van der Waals surface area contributed by atoms with E-state index in [2.05, 4.69) is 10.00 Å². The van der Waals surface area contributed by atoms with Gasteiger partial charge in [0.25, 0.3) is 0 Å². The molecule has 1 aliphatic heterocycles. The highest BCUT2D eigenvalue weighted by molar-refractivity contribution is 5.56. The van der Waals surface area contributed by atoms with E-state index in [-0.39, 0.29) is 17.5 Å². The van der Waals surface area contributed by atoms with E-state index >= 15 is 0 Å². The van der Waals surface area contributed by atoms with Gasteiger partial charge in [0.2, 0.25) is 5.82 Å². The molecule has 1 aliphatic carbocycles.